The third-order valence-electron chi connectivity index (χ3n) is 4.23. The van der Waals surface area contributed by atoms with Gasteiger partial charge in [0.05, 0.1) is 6.61 Å². The Morgan fingerprint density at radius 3 is 2.68 bits per heavy atom. The van der Waals surface area contributed by atoms with E-state index in [2.05, 4.69) is 44.7 Å². The van der Waals surface area contributed by atoms with E-state index >= 15 is 0 Å². The summed E-state index contributed by atoms with van der Waals surface area (Å²) in [7, 11) is 0. The molecule has 0 saturated heterocycles. The first-order valence-corrected chi connectivity index (χ1v) is 6.81. The molecule has 0 aliphatic heterocycles. The Morgan fingerprint density at radius 2 is 2.11 bits per heavy atom. The van der Waals surface area contributed by atoms with Crippen molar-refractivity contribution in [3.05, 3.63) is 48.0 Å². The minimum atomic E-state index is -0.278. The van der Waals surface area contributed by atoms with Gasteiger partial charge in [-0.3, -0.25) is 0 Å². The van der Waals surface area contributed by atoms with Crippen LogP contribution >= 0.6 is 0 Å². The molecule has 1 aliphatic carbocycles. The lowest BCUT2D eigenvalue weighted by atomic mass is 9.91. The Morgan fingerprint density at radius 1 is 1.47 bits per heavy atom. The fourth-order valence-electron chi connectivity index (χ4n) is 2.73. The van der Waals surface area contributed by atoms with Crippen LogP contribution in [0.2, 0.25) is 0 Å². The third-order valence-corrected chi connectivity index (χ3v) is 4.23. The number of hydrogen-bond donors (Lipinski definition) is 0. The lowest BCUT2D eigenvalue weighted by molar-refractivity contribution is -0.140. The lowest BCUT2D eigenvalue weighted by Gasteiger charge is -2.17. The largest absolute Gasteiger partial charge is 0.462 e. The van der Waals surface area contributed by atoms with E-state index in [0.717, 1.165) is 6.42 Å². The third kappa shape index (κ3) is 3.06. The van der Waals surface area contributed by atoms with E-state index in [1.54, 1.807) is 6.92 Å². The van der Waals surface area contributed by atoms with Crippen LogP contribution in [0, 0.1) is 11.3 Å². The fourth-order valence-corrected chi connectivity index (χ4v) is 2.73. The van der Waals surface area contributed by atoms with E-state index < -0.39 is 0 Å². The molecule has 0 bridgehead atoms. The van der Waals surface area contributed by atoms with Gasteiger partial charge in [0, 0.05) is 11.0 Å². The molecule has 3 atom stereocenters. The molecular formula is C17H22O2. The van der Waals surface area contributed by atoms with Gasteiger partial charge in [0.1, 0.15) is 0 Å². The number of ether oxygens (including phenoxy) is 1. The number of rotatable bonds is 5. The minimum Gasteiger partial charge on any atom is -0.462 e. The van der Waals surface area contributed by atoms with Crippen molar-refractivity contribution in [3.8, 4) is 0 Å². The number of benzene rings is 1. The molecule has 1 aromatic rings. The molecule has 0 amide bonds. The zero-order chi connectivity index (χ0) is 14.0. The van der Waals surface area contributed by atoms with Crippen molar-refractivity contribution in [2.45, 2.75) is 33.1 Å². The smallest absolute Gasteiger partial charge is 0.333 e. The lowest BCUT2D eigenvalue weighted by Crippen LogP contribution is -2.16. The first-order valence-electron chi connectivity index (χ1n) is 6.81. The molecule has 0 heterocycles. The maximum Gasteiger partial charge on any atom is 0.333 e. The molecule has 0 N–H and O–H groups in total. The molecule has 1 fully saturated rings. The number of carbonyl (C=O) groups excluding carboxylic acids is 1. The zero-order valence-corrected chi connectivity index (χ0v) is 12.0. The zero-order valence-electron chi connectivity index (χ0n) is 12.0. The average Bonchev–Trinajstić information content (AvgIpc) is 3.08. The van der Waals surface area contributed by atoms with Gasteiger partial charge in [0.15, 0.2) is 0 Å². The second kappa shape index (κ2) is 5.20. The molecular weight excluding hydrogens is 236 g/mol. The highest BCUT2D eigenvalue weighted by atomic mass is 16.5. The van der Waals surface area contributed by atoms with Crippen molar-refractivity contribution >= 4 is 5.97 Å². The summed E-state index contributed by atoms with van der Waals surface area (Å²) in [4.78, 5) is 11.4. The quantitative estimate of drug-likeness (QED) is 0.590. The van der Waals surface area contributed by atoms with Crippen LogP contribution in [0.15, 0.2) is 42.5 Å². The van der Waals surface area contributed by atoms with E-state index in [9.17, 15) is 4.79 Å². The molecule has 2 heteroatoms. The number of hydrogen-bond acceptors (Lipinski definition) is 2. The summed E-state index contributed by atoms with van der Waals surface area (Å²) >= 11 is 0. The molecule has 0 spiro atoms. The first-order chi connectivity index (χ1) is 8.94. The van der Waals surface area contributed by atoms with Gasteiger partial charge in [-0.05, 0) is 30.7 Å². The van der Waals surface area contributed by atoms with Gasteiger partial charge in [-0.2, -0.15) is 0 Å². The van der Waals surface area contributed by atoms with Crippen LogP contribution in [0.5, 0.6) is 0 Å². The molecule has 0 aromatic heterocycles. The Labute approximate surface area is 115 Å². The van der Waals surface area contributed by atoms with Crippen molar-refractivity contribution in [3.63, 3.8) is 0 Å². The molecule has 2 nitrogen and oxygen atoms in total. The second-order valence-corrected chi connectivity index (χ2v) is 6.02. The molecule has 1 aliphatic rings. The maximum absolute atomic E-state index is 11.4. The SMILES string of the molecule is C=C(C)C(=O)OCC1(C)CC1C(C)c1ccccc1. The van der Waals surface area contributed by atoms with Crippen LogP contribution in [0.4, 0.5) is 0 Å². The first kappa shape index (κ1) is 13.9. The van der Waals surface area contributed by atoms with Gasteiger partial charge in [-0.25, -0.2) is 4.79 Å². The van der Waals surface area contributed by atoms with Crippen LogP contribution in [-0.4, -0.2) is 12.6 Å². The summed E-state index contributed by atoms with van der Waals surface area (Å²) in [5.41, 5.74) is 1.96. The molecule has 3 unspecified atom stereocenters. The van der Waals surface area contributed by atoms with Crippen LogP contribution in [-0.2, 0) is 9.53 Å². The molecule has 19 heavy (non-hydrogen) atoms. The normalized spacial score (nSPS) is 26.6. The van der Waals surface area contributed by atoms with E-state index in [-0.39, 0.29) is 11.4 Å². The monoisotopic (exact) mass is 258 g/mol. The summed E-state index contributed by atoms with van der Waals surface area (Å²) in [5, 5.41) is 0. The summed E-state index contributed by atoms with van der Waals surface area (Å²) in [6, 6.07) is 10.5. The van der Waals surface area contributed by atoms with Gasteiger partial charge in [-0.1, -0.05) is 50.8 Å². The van der Waals surface area contributed by atoms with Gasteiger partial charge >= 0.3 is 5.97 Å². The van der Waals surface area contributed by atoms with Gasteiger partial charge in [-0.15, -0.1) is 0 Å². The highest BCUT2D eigenvalue weighted by Gasteiger charge is 2.53. The Kier molecular flexibility index (Phi) is 3.79. The highest BCUT2D eigenvalue weighted by Crippen LogP contribution is 2.58. The summed E-state index contributed by atoms with van der Waals surface area (Å²) < 4.78 is 5.31. The fraction of sp³-hybridized carbons (Fsp3) is 0.471. The average molecular weight is 258 g/mol. The number of carbonyl (C=O) groups is 1. The van der Waals surface area contributed by atoms with Crippen LogP contribution < -0.4 is 0 Å². The van der Waals surface area contributed by atoms with Crippen LogP contribution in [0.25, 0.3) is 0 Å². The van der Waals surface area contributed by atoms with Crippen LogP contribution in [0.3, 0.4) is 0 Å². The van der Waals surface area contributed by atoms with Crippen molar-refractivity contribution in [2.24, 2.45) is 11.3 Å². The van der Waals surface area contributed by atoms with Crippen molar-refractivity contribution in [1.29, 1.82) is 0 Å². The van der Waals surface area contributed by atoms with Crippen molar-refractivity contribution < 1.29 is 9.53 Å². The molecule has 1 saturated carbocycles. The highest BCUT2D eigenvalue weighted by molar-refractivity contribution is 5.86. The van der Waals surface area contributed by atoms with Gasteiger partial charge in [0.2, 0.25) is 0 Å². The predicted molar refractivity (Wildman–Crippen MR) is 76.8 cm³/mol. The van der Waals surface area contributed by atoms with Gasteiger partial charge < -0.3 is 4.74 Å². The van der Waals surface area contributed by atoms with Gasteiger partial charge in [0.25, 0.3) is 0 Å². The molecule has 1 aromatic carbocycles. The predicted octanol–water partition coefficient (Wildman–Crippen LogP) is 3.94. The Bertz CT molecular complexity index is 477. The topological polar surface area (TPSA) is 26.3 Å². The second-order valence-electron chi connectivity index (χ2n) is 6.02. The van der Waals surface area contributed by atoms with Crippen LogP contribution in [0.1, 0.15) is 38.7 Å². The summed E-state index contributed by atoms with van der Waals surface area (Å²) in [6.45, 7) is 10.2. The Balaban J connectivity index is 1.92. The van der Waals surface area contributed by atoms with E-state index in [0.29, 0.717) is 24.0 Å². The number of esters is 1. The standard InChI is InChI=1S/C17H22O2/c1-12(2)16(18)19-11-17(4)10-15(17)13(3)14-8-6-5-7-9-14/h5-9,13,15H,1,10-11H2,2-4H3. The van der Waals surface area contributed by atoms with E-state index in [1.165, 1.54) is 5.56 Å². The maximum atomic E-state index is 11.4. The van der Waals surface area contributed by atoms with Crippen molar-refractivity contribution in [1.82, 2.24) is 0 Å². The minimum absolute atomic E-state index is 0.125. The summed E-state index contributed by atoms with van der Waals surface area (Å²) in [5.74, 6) is 0.821. The van der Waals surface area contributed by atoms with Crippen molar-refractivity contribution in [2.75, 3.05) is 6.61 Å². The van der Waals surface area contributed by atoms with E-state index in [4.69, 9.17) is 4.74 Å². The molecule has 0 radical (unpaired) electrons. The van der Waals surface area contributed by atoms with E-state index in [1.807, 2.05) is 6.07 Å². The molecule has 102 valence electrons. The summed E-state index contributed by atoms with van der Waals surface area (Å²) in [6.07, 6.45) is 1.12. The molecule has 2 rings (SSSR count). The Hall–Kier alpha value is -1.57.